The Bertz CT molecular complexity index is 1000. The number of ether oxygens (including phenoxy) is 2. The average molecular weight is 446 g/mol. The Hall–Kier alpha value is -2.91. The SMILES string of the molecule is COc1cc(C(=O)NNC(=O)c2cnc(-c3cccs3)s2)ccc1OCCC(C)C. The summed E-state index contributed by atoms with van der Waals surface area (Å²) in [6, 6.07) is 8.75. The molecule has 0 bridgehead atoms. The van der Waals surface area contributed by atoms with E-state index in [4.69, 9.17) is 9.47 Å². The monoisotopic (exact) mass is 445 g/mol. The molecule has 2 aromatic heterocycles. The number of carbonyl (C=O) groups is 2. The van der Waals surface area contributed by atoms with Crippen LogP contribution in [0.3, 0.4) is 0 Å². The highest BCUT2D eigenvalue weighted by molar-refractivity contribution is 7.21. The molecule has 0 saturated carbocycles. The summed E-state index contributed by atoms with van der Waals surface area (Å²) in [7, 11) is 1.52. The molecular weight excluding hydrogens is 422 g/mol. The maximum atomic E-state index is 12.4. The topological polar surface area (TPSA) is 89.6 Å². The standard InChI is InChI=1S/C21H23N3O4S2/c1-13(2)8-9-28-15-7-6-14(11-16(15)27-3)19(25)23-24-20(26)18-12-22-21(30-18)17-5-4-10-29-17/h4-7,10-13H,8-9H2,1-3H3,(H,23,25)(H,24,26). The van der Waals surface area contributed by atoms with Crippen LogP contribution in [0.4, 0.5) is 0 Å². The van der Waals surface area contributed by atoms with E-state index in [1.807, 2.05) is 17.5 Å². The fourth-order valence-corrected chi connectivity index (χ4v) is 4.09. The summed E-state index contributed by atoms with van der Waals surface area (Å²) in [5.41, 5.74) is 5.17. The van der Waals surface area contributed by atoms with Crippen LogP contribution in [0, 0.1) is 5.92 Å². The fraction of sp³-hybridized carbons (Fsp3) is 0.286. The van der Waals surface area contributed by atoms with Crippen LogP contribution in [-0.4, -0.2) is 30.5 Å². The molecule has 0 spiro atoms. The molecule has 0 radical (unpaired) electrons. The van der Waals surface area contributed by atoms with Gasteiger partial charge in [-0.05, 0) is 42.0 Å². The number of nitrogens with one attached hydrogen (secondary N) is 2. The smallest absolute Gasteiger partial charge is 0.281 e. The summed E-state index contributed by atoms with van der Waals surface area (Å²) in [5, 5.41) is 2.71. The summed E-state index contributed by atoms with van der Waals surface area (Å²) in [6.45, 7) is 4.81. The molecule has 7 nitrogen and oxygen atoms in total. The zero-order valence-electron chi connectivity index (χ0n) is 16.9. The van der Waals surface area contributed by atoms with Crippen molar-refractivity contribution in [3.8, 4) is 21.4 Å². The van der Waals surface area contributed by atoms with E-state index < -0.39 is 11.8 Å². The molecule has 3 rings (SSSR count). The molecule has 158 valence electrons. The zero-order chi connectivity index (χ0) is 21.5. The van der Waals surface area contributed by atoms with Gasteiger partial charge < -0.3 is 9.47 Å². The highest BCUT2D eigenvalue weighted by atomic mass is 32.1. The van der Waals surface area contributed by atoms with Gasteiger partial charge in [0.2, 0.25) is 0 Å². The van der Waals surface area contributed by atoms with Crippen LogP contribution in [0.25, 0.3) is 9.88 Å². The number of hydrazine groups is 1. The molecule has 2 amide bonds. The van der Waals surface area contributed by atoms with Gasteiger partial charge in [-0.15, -0.1) is 22.7 Å². The minimum absolute atomic E-state index is 0.340. The van der Waals surface area contributed by atoms with Crippen molar-refractivity contribution in [2.75, 3.05) is 13.7 Å². The molecule has 30 heavy (non-hydrogen) atoms. The number of hydrogen-bond donors (Lipinski definition) is 2. The Kier molecular flexibility index (Phi) is 7.42. The molecule has 3 aromatic rings. The van der Waals surface area contributed by atoms with E-state index in [0.717, 1.165) is 16.3 Å². The van der Waals surface area contributed by atoms with Gasteiger partial charge in [0.25, 0.3) is 11.8 Å². The summed E-state index contributed by atoms with van der Waals surface area (Å²) in [6.07, 6.45) is 2.41. The summed E-state index contributed by atoms with van der Waals surface area (Å²) in [4.78, 5) is 30.4. The van der Waals surface area contributed by atoms with Gasteiger partial charge in [0.05, 0.1) is 24.8 Å². The van der Waals surface area contributed by atoms with Crippen molar-refractivity contribution in [3.05, 3.63) is 52.3 Å². The van der Waals surface area contributed by atoms with Crippen LogP contribution in [0.5, 0.6) is 11.5 Å². The average Bonchev–Trinajstić information content (AvgIpc) is 3.43. The Balaban J connectivity index is 1.58. The lowest BCUT2D eigenvalue weighted by Gasteiger charge is -2.13. The highest BCUT2D eigenvalue weighted by Gasteiger charge is 2.15. The second kappa shape index (κ2) is 10.2. The Morgan fingerprint density at radius 2 is 1.93 bits per heavy atom. The van der Waals surface area contributed by atoms with Crippen molar-refractivity contribution in [2.45, 2.75) is 20.3 Å². The Morgan fingerprint density at radius 1 is 1.13 bits per heavy atom. The largest absolute Gasteiger partial charge is 0.493 e. The first-order valence-electron chi connectivity index (χ1n) is 9.39. The van der Waals surface area contributed by atoms with Crippen molar-refractivity contribution in [1.29, 1.82) is 0 Å². The highest BCUT2D eigenvalue weighted by Crippen LogP contribution is 2.29. The van der Waals surface area contributed by atoms with Crippen LogP contribution in [0.2, 0.25) is 0 Å². The second-order valence-electron chi connectivity index (χ2n) is 6.81. The van der Waals surface area contributed by atoms with Gasteiger partial charge in [0, 0.05) is 5.56 Å². The third-order valence-corrected chi connectivity index (χ3v) is 6.16. The number of amides is 2. The number of methoxy groups -OCH3 is 1. The van der Waals surface area contributed by atoms with Gasteiger partial charge in [-0.1, -0.05) is 19.9 Å². The van der Waals surface area contributed by atoms with Crippen LogP contribution in [0.1, 0.15) is 40.3 Å². The van der Waals surface area contributed by atoms with Gasteiger partial charge in [0.1, 0.15) is 9.88 Å². The van der Waals surface area contributed by atoms with Crippen molar-refractivity contribution >= 4 is 34.5 Å². The number of hydrogen-bond acceptors (Lipinski definition) is 7. The van der Waals surface area contributed by atoms with Crippen LogP contribution in [0.15, 0.2) is 41.9 Å². The van der Waals surface area contributed by atoms with Crippen molar-refractivity contribution in [1.82, 2.24) is 15.8 Å². The number of thiazole rings is 1. The molecule has 0 aliphatic heterocycles. The van der Waals surface area contributed by atoms with E-state index in [-0.39, 0.29) is 0 Å². The minimum Gasteiger partial charge on any atom is -0.493 e. The molecule has 1 aromatic carbocycles. The lowest BCUT2D eigenvalue weighted by atomic mass is 10.1. The van der Waals surface area contributed by atoms with E-state index in [0.29, 0.717) is 34.5 Å². The summed E-state index contributed by atoms with van der Waals surface area (Å²) in [5.74, 6) is 0.678. The molecule has 0 aliphatic rings. The molecular formula is C21H23N3O4S2. The fourth-order valence-electron chi connectivity index (χ4n) is 2.47. The molecule has 9 heteroatoms. The van der Waals surface area contributed by atoms with Gasteiger partial charge in [0.15, 0.2) is 11.5 Å². The van der Waals surface area contributed by atoms with E-state index in [2.05, 4.69) is 29.7 Å². The van der Waals surface area contributed by atoms with E-state index in [9.17, 15) is 9.59 Å². The van der Waals surface area contributed by atoms with Gasteiger partial charge in [-0.25, -0.2) is 4.98 Å². The molecule has 0 aliphatic carbocycles. The van der Waals surface area contributed by atoms with Crippen molar-refractivity contribution in [3.63, 3.8) is 0 Å². The third-order valence-electron chi connectivity index (χ3n) is 4.13. The Labute approximate surface area is 183 Å². The summed E-state index contributed by atoms with van der Waals surface area (Å²) < 4.78 is 11.1. The predicted molar refractivity (Wildman–Crippen MR) is 118 cm³/mol. The van der Waals surface area contributed by atoms with Crippen molar-refractivity contribution < 1.29 is 19.1 Å². The molecule has 0 saturated heterocycles. The van der Waals surface area contributed by atoms with Gasteiger partial charge in [-0.2, -0.15) is 0 Å². The second-order valence-corrected chi connectivity index (χ2v) is 8.79. The number of nitrogens with zero attached hydrogens (tertiary/aromatic N) is 1. The molecule has 2 N–H and O–H groups in total. The van der Waals surface area contributed by atoms with Crippen LogP contribution in [-0.2, 0) is 0 Å². The summed E-state index contributed by atoms with van der Waals surface area (Å²) >= 11 is 2.81. The van der Waals surface area contributed by atoms with E-state index >= 15 is 0 Å². The van der Waals surface area contributed by atoms with E-state index in [1.54, 1.807) is 29.5 Å². The van der Waals surface area contributed by atoms with Crippen molar-refractivity contribution in [2.24, 2.45) is 5.92 Å². The molecule has 2 heterocycles. The maximum absolute atomic E-state index is 12.4. The van der Waals surface area contributed by atoms with Gasteiger partial charge in [-0.3, -0.25) is 20.4 Å². The number of aromatic nitrogens is 1. The number of thiophene rings is 1. The molecule has 0 atom stereocenters. The lowest BCUT2D eigenvalue weighted by Crippen LogP contribution is -2.41. The third kappa shape index (κ3) is 5.58. The van der Waals surface area contributed by atoms with Crippen LogP contribution < -0.4 is 20.3 Å². The van der Waals surface area contributed by atoms with Crippen LogP contribution >= 0.6 is 22.7 Å². The number of rotatable bonds is 8. The number of benzene rings is 1. The first kappa shape index (κ1) is 21.8. The molecule has 0 fully saturated rings. The molecule has 0 unspecified atom stereocenters. The lowest BCUT2D eigenvalue weighted by molar-refractivity contribution is 0.0848. The maximum Gasteiger partial charge on any atom is 0.281 e. The quantitative estimate of drug-likeness (QED) is 0.502. The van der Waals surface area contributed by atoms with E-state index in [1.165, 1.54) is 24.6 Å². The predicted octanol–water partition coefficient (Wildman–Crippen LogP) is 4.38. The first-order valence-corrected chi connectivity index (χ1v) is 11.1. The number of carbonyl (C=O) groups excluding carboxylic acids is 2. The zero-order valence-corrected chi connectivity index (χ0v) is 18.6. The first-order chi connectivity index (χ1) is 14.5. The Morgan fingerprint density at radius 3 is 2.63 bits per heavy atom. The minimum atomic E-state index is -0.460. The normalized spacial score (nSPS) is 10.7. The van der Waals surface area contributed by atoms with Gasteiger partial charge >= 0.3 is 0 Å².